The Balaban J connectivity index is 4.51. The fraction of sp³-hybridized carbons (Fsp3) is 0.692. The standard InChI is InChI=1S/C13H22O3/c1-6-8-9-11(14)10(7-2)12(15)16-13(3,4)5/h7H,6,8-9H2,1-5H3/b10-7-. The Morgan fingerprint density at radius 3 is 2.19 bits per heavy atom. The summed E-state index contributed by atoms with van der Waals surface area (Å²) < 4.78 is 5.16. The van der Waals surface area contributed by atoms with Crippen LogP contribution in [0.25, 0.3) is 0 Å². The van der Waals surface area contributed by atoms with Crippen molar-refractivity contribution in [3.8, 4) is 0 Å². The van der Waals surface area contributed by atoms with Gasteiger partial charge in [-0.05, 0) is 34.1 Å². The Morgan fingerprint density at radius 2 is 1.81 bits per heavy atom. The molecule has 0 unspecified atom stereocenters. The Bertz CT molecular complexity index is 282. The lowest BCUT2D eigenvalue weighted by atomic mass is 10.1. The third kappa shape index (κ3) is 5.69. The van der Waals surface area contributed by atoms with Gasteiger partial charge in [0.2, 0.25) is 0 Å². The summed E-state index contributed by atoms with van der Waals surface area (Å²) in [6.45, 7) is 9.05. The van der Waals surface area contributed by atoms with Crippen molar-refractivity contribution in [3.63, 3.8) is 0 Å². The van der Waals surface area contributed by atoms with Crippen LogP contribution in [0.2, 0.25) is 0 Å². The highest BCUT2D eigenvalue weighted by atomic mass is 16.6. The van der Waals surface area contributed by atoms with E-state index in [0.717, 1.165) is 12.8 Å². The molecule has 3 nitrogen and oxygen atoms in total. The molecule has 0 saturated carbocycles. The predicted octanol–water partition coefficient (Wildman–Crippen LogP) is 3.03. The molecule has 0 bridgehead atoms. The van der Waals surface area contributed by atoms with E-state index < -0.39 is 11.6 Å². The van der Waals surface area contributed by atoms with Crippen molar-refractivity contribution in [2.45, 2.75) is 59.5 Å². The molecule has 0 aromatic rings. The van der Waals surface area contributed by atoms with Crippen LogP contribution in [-0.2, 0) is 14.3 Å². The van der Waals surface area contributed by atoms with Crippen LogP contribution < -0.4 is 0 Å². The summed E-state index contributed by atoms with van der Waals surface area (Å²) in [6.07, 6.45) is 3.69. The average molecular weight is 226 g/mol. The number of Topliss-reactive ketones (excluding diaryl/α,β-unsaturated/α-hetero) is 1. The van der Waals surface area contributed by atoms with E-state index in [0.29, 0.717) is 6.42 Å². The van der Waals surface area contributed by atoms with Gasteiger partial charge in [-0.15, -0.1) is 0 Å². The fourth-order valence-corrected chi connectivity index (χ4v) is 1.20. The van der Waals surface area contributed by atoms with E-state index in [1.165, 1.54) is 6.08 Å². The van der Waals surface area contributed by atoms with Gasteiger partial charge in [0.05, 0.1) is 5.57 Å². The van der Waals surface area contributed by atoms with E-state index in [1.807, 2.05) is 6.92 Å². The molecule has 0 aromatic carbocycles. The summed E-state index contributed by atoms with van der Waals surface area (Å²) in [5.41, 5.74) is -0.389. The minimum Gasteiger partial charge on any atom is -0.456 e. The van der Waals surface area contributed by atoms with Crippen LogP contribution in [0.1, 0.15) is 53.9 Å². The Hall–Kier alpha value is -1.12. The molecule has 0 heterocycles. The fourth-order valence-electron chi connectivity index (χ4n) is 1.20. The summed E-state index contributed by atoms with van der Waals surface area (Å²) in [6, 6.07) is 0. The molecular formula is C13H22O3. The lowest BCUT2D eigenvalue weighted by Gasteiger charge is -2.20. The number of ether oxygens (including phenoxy) is 1. The number of rotatable bonds is 5. The van der Waals surface area contributed by atoms with Crippen LogP contribution in [0.4, 0.5) is 0 Å². The first-order valence-corrected chi connectivity index (χ1v) is 5.74. The maximum atomic E-state index is 11.7. The molecule has 0 aromatic heterocycles. The maximum Gasteiger partial charge on any atom is 0.341 e. The highest BCUT2D eigenvalue weighted by molar-refractivity contribution is 6.17. The molecule has 0 saturated heterocycles. The number of ketones is 1. The van der Waals surface area contributed by atoms with Crippen molar-refractivity contribution in [3.05, 3.63) is 11.6 Å². The predicted molar refractivity (Wildman–Crippen MR) is 64.1 cm³/mol. The zero-order valence-corrected chi connectivity index (χ0v) is 10.9. The van der Waals surface area contributed by atoms with Crippen LogP contribution in [0.3, 0.4) is 0 Å². The maximum absolute atomic E-state index is 11.7. The van der Waals surface area contributed by atoms with Gasteiger partial charge >= 0.3 is 5.97 Å². The molecule has 0 radical (unpaired) electrons. The smallest absolute Gasteiger partial charge is 0.341 e. The molecule has 0 aliphatic rings. The summed E-state index contributed by atoms with van der Waals surface area (Å²) in [5, 5.41) is 0. The zero-order valence-electron chi connectivity index (χ0n) is 10.9. The monoisotopic (exact) mass is 226 g/mol. The lowest BCUT2D eigenvalue weighted by Crippen LogP contribution is -2.27. The van der Waals surface area contributed by atoms with Crippen molar-refractivity contribution in [2.24, 2.45) is 0 Å². The first-order valence-electron chi connectivity index (χ1n) is 5.74. The van der Waals surface area contributed by atoms with Crippen molar-refractivity contribution in [2.75, 3.05) is 0 Å². The summed E-state index contributed by atoms with van der Waals surface area (Å²) in [7, 11) is 0. The Morgan fingerprint density at radius 1 is 1.25 bits per heavy atom. The van der Waals surface area contributed by atoms with Crippen molar-refractivity contribution >= 4 is 11.8 Å². The second-order valence-electron chi connectivity index (χ2n) is 4.73. The summed E-state index contributed by atoms with van der Waals surface area (Å²) in [4.78, 5) is 23.4. The summed E-state index contributed by atoms with van der Waals surface area (Å²) >= 11 is 0. The quantitative estimate of drug-likeness (QED) is 0.313. The van der Waals surface area contributed by atoms with Gasteiger partial charge in [-0.2, -0.15) is 0 Å². The Kier molecular flexibility index (Phi) is 6.01. The number of esters is 1. The molecule has 0 amide bonds. The average Bonchev–Trinajstić information content (AvgIpc) is 2.12. The molecule has 16 heavy (non-hydrogen) atoms. The minimum absolute atomic E-state index is 0.126. The Labute approximate surface area is 97.9 Å². The number of hydrogen-bond donors (Lipinski definition) is 0. The van der Waals surface area contributed by atoms with Crippen LogP contribution in [0, 0.1) is 0 Å². The van der Waals surface area contributed by atoms with Gasteiger partial charge in [0.15, 0.2) is 5.78 Å². The molecule has 0 aliphatic heterocycles. The van der Waals surface area contributed by atoms with Gasteiger partial charge in [0, 0.05) is 6.42 Å². The number of allylic oxidation sites excluding steroid dienone is 1. The number of unbranched alkanes of at least 4 members (excludes halogenated alkanes) is 1. The topological polar surface area (TPSA) is 43.4 Å². The molecule has 3 heteroatoms. The van der Waals surface area contributed by atoms with Gasteiger partial charge in [-0.1, -0.05) is 19.4 Å². The first-order chi connectivity index (χ1) is 7.31. The first kappa shape index (κ1) is 14.9. The molecule has 0 rings (SSSR count). The molecule has 92 valence electrons. The van der Waals surface area contributed by atoms with Crippen molar-refractivity contribution in [1.29, 1.82) is 0 Å². The molecule has 0 N–H and O–H groups in total. The highest BCUT2D eigenvalue weighted by Crippen LogP contribution is 2.13. The number of hydrogen-bond acceptors (Lipinski definition) is 3. The number of carbonyl (C=O) groups excluding carboxylic acids is 2. The lowest BCUT2D eigenvalue weighted by molar-refractivity contribution is -0.150. The largest absolute Gasteiger partial charge is 0.456 e. The zero-order chi connectivity index (χ0) is 12.8. The van der Waals surface area contributed by atoms with E-state index in [2.05, 4.69) is 0 Å². The van der Waals surface area contributed by atoms with Crippen LogP contribution in [-0.4, -0.2) is 17.4 Å². The molecular weight excluding hydrogens is 204 g/mol. The number of carbonyl (C=O) groups is 2. The molecule has 0 spiro atoms. The normalized spacial score (nSPS) is 12.4. The van der Waals surface area contributed by atoms with Gasteiger partial charge in [-0.3, -0.25) is 4.79 Å². The van der Waals surface area contributed by atoms with Crippen LogP contribution >= 0.6 is 0 Å². The van der Waals surface area contributed by atoms with E-state index in [-0.39, 0.29) is 11.4 Å². The minimum atomic E-state index is -0.559. The third-order valence-electron chi connectivity index (χ3n) is 1.97. The van der Waals surface area contributed by atoms with Gasteiger partial charge in [-0.25, -0.2) is 4.79 Å². The third-order valence-corrected chi connectivity index (χ3v) is 1.97. The SMILES string of the molecule is C/C=C(/C(=O)CCCC)C(=O)OC(C)(C)C. The van der Waals surface area contributed by atoms with Crippen LogP contribution in [0.15, 0.2) is 11.6 Å². The summed E-state index contributed by atoms with van der Waals surface area (Å²) in [5.74, 6) is -0.644. The van der Waals surface area contributed by atoms with Gasteiger partial charge < -0.3 is 4.74 Å². The highest BCUT2D eigenvalue weighted by Gasteiger charge is 2.23. The van der Waals surface area contributed by atoms with E-state index in [1.54, 1.807) is 27.7 Å². The molecule has 0 fully saturated rings. The van der Waals surface area contributed by atoms with Gasteiger partial charge in [0.25, 0.3) is 0 Å². The van der Waals surface area contributed by atoms with Gasteiger partial charge in [0.1, 0.15) is 5.60 Å². The second kappa shape index (κ2) is 6.46. The van der Waals surface area contributed by atoms with E-state index >= 15 is 0 Å². The second-order valence-corrected chi connectivity index (χ2v) is 4.73. The van der Waals surface area contributed by atoms with Crippen molar-refractivity contribution < 1.29 is 14.3 Å². The van der Waals surface area contributed by atoms with E-state index in [9.17, 15) is 9.59 Å². The van der Waals surface area contributed by atoms with Crippen LogP contribution in [0.5, 0.6) is 0 Å². The molecule has 0 aliphatic carbocycles. The van der Waals surface area contributed by atoms with Crippen molar-refractivity contribution in [1.82, 2.24) is 0 Å². The van der Waals surface area contributed by atoms with E-state index in [4.69, 9.17) is 4.74 Å². The molecule has 0 atom stereocenters.